The normalized spacial score (nSPS) is 10.5. The van der Waals surface area contributed by atoms with Gasteiger partial charge in [0.25, 0.3) is 0 Å². The Morgan fingerprint density at radius 2 is 1.76 bits per heavy atom. The molecule has 0 aliphatic rings. The number of hydrogen-bond acceptors (Lipinski definition) is 2. The van der Waals surface area contributed by atoms with Crippen molar-refractivity contribution in [2.45, 2.75) is 13.5 Å². The van der Waals surface area contributed by atoms with E-state index < -0.39 is 0 Å². The van der Waals surface area contributed by atoms with Crippen molar-refractivity contribution in [2.24, 2.45) is 0 Å². The van der Waals surface area contributed by atoms with Crippen LogP contribution in [-0.4, -0.2) is 6.61 Å². The highest BCUT2D eigenvalue weighted by Gasteiger charge is 2.09. The number of hydrogen-bond donors (Lipinski definition) is 1. The smallest absolute Gasteiger partial charge is 0.147 e. The van der Waals surface area contributed by atoms with E-state index in [1.807, 2.05) is 25.1 Å². The lowest BCUT2D eigenvalue weighted by Crippen LogP contribution is -2.01. The van der Waals surface area contributed by atoms with Crippen LogP contribution in [0.5, 0.6) is 5.75 Å². The Balaban J connectivity index is 2.15. The van der Waals surface area contributed by atoms with Crippen LogP contribution in [-0.2, 0) is 6.54 Å². The highest BCUT2D eigenvalue weighted by atomic mass is 79.9. The fourth-order valence-corrected chi connectivity index (χ4v) is 3.69. The number of halogens is 4. The number of nitrogens with one attached hydrogen (secondary N) is 1. The van der Waals surface area contributed by atoms with Gasteiger partial charge in [-0.05, 0) is 74.7 Å². The van der Waals surface area contributed by atoms with Crippen LogP contribution in [0.15, 0.2) is 39.3 Å². The van der Waals surface area contributed by atoms with Gasteiger partial charge in [-0.1, -0.05) is 23.2 Å². The number of ether oxygens (including phenoxy) is 1. The third-order valence-corrected chi connectivity index (χ3v) is 4.50. The average molecular weight is 454 g/mol. The summed E-state index contributed by atoms with van der Waals surface area (Å²) in [6.07, 6.45) is 0. The fourth-order valence-electron chi connectivity index (χ4n) is 1.83. The maximum Gasteiger partial charge on any atom is 0.147 e. The van der Waals surface area contributed by atoms with Gasteiger partial charge in [0.05, 0.1) is 26.3 Å². The Morgan fingerprint density at radius 1 is 1.10 bits per heavy atom. The summed E-state index contributed by atoms with van der Waals surface area (Å²) in [6.45, 7) is 3.20. The van der Waals surface area contributed by atoms with E-state index in [1.165, 1.54) is 0 Å². The molecule has 0 saturated heterocycles. The van der Waals surface area contributed by atoms with Crippen LogP contribution in [0.1, 0.15) is 12.5 Å². The molecule has 0 saturated carbocycles. The van der Waals surface area contributed by atoms with Gasteiger partial charge in [0.1, 0.15) is 5.75 Å². The van der Waals surface area contributed by atoms with Crippen molar-refractivity contribution in [3.05, 3.63) is 54.9 Å². The SMILES string of the molecule is CCOc1c(Br)cc(CNc2cc(Cl)ccc2Cl)cc1Br. The molecule has 0 radical (unpaired) electrons. The molecule has 112 valence electrons. The van der Waals surface area contributed by atoms with Crippen LogP contribution >= 0.6 is 55.1 Å². The minimum Gasteiger partial charge on any atom is -0.492 e. The first-order valence-electron chi connectivity index (χ1n) is 6.31. The fraction of sp³-hybridized carbons (Fsp3) is 0.200. The van der Waals surface area contributed by atoms with Gasteiger partial charge in [0.15, 0.2) is 0 Å². The van der Waals surface area contributed by atoms with Gasteiger partial charge in [-0.3, -0.25) is 0 Å². The second-order valence-corrected chi connectivity index (χ2v) is 6.85. The van der Waals surface area contributed by atoms with Gasteiger partial charge in [0, 0.05) is 11.6 Å². The van der Waals surface area contributed by atoms with E-state index in [-0.39, 0.29) is 0 Å². The largest absolute Gasteiger partial charge is 0.492 e. The zero-order valence-corrected chi connectivity index (χ0v) is 15.9. The maximum atomic E-state index is 6.13. The van der Waals surface area contributed by atoms with Crippen LogP contribution in [0, 0.1) is 0 Å². The molecule has 1 N–H and O–H groups in total. The van der Waals surface area contributed by atoms with Gasteiger partial charge in [-0.2, -0.15) is 0 Å². The van der Waals surface area contributed by atoms with Gasteiger partial charge < -0.3 is 10.1 Å². The second kappa shape index (κ2) is 7.73. The van der Waals surface area contributed by atoms with Crippen LogP contribution in [0.3, 0.4) is 0 Å². The minimum atomic E-state index is 0.618. The van der Waals surface area contributed by atoms with E-state index in [1.54, 1.807) is 12.1 Å². The molecule has 2 aromatic carbocycles. The van der Waals surface area contributed by atoms with E-state index in [0.29, 0.717) is 23.2 Å². The lowest BCUT2D eigenvalue weighted by molar-refractivity contribution is 0.336. The molecule has 0 spiro atoms. The highest BCUT2D eigenvalue weighted by molar-refractivity contribution is 9.11. The summed E-state index contributed by atoms with van der Waals surface area (Å²) in [6, 6.07) is 9.38. The lowest BCUT2D eigenvalue weighted by atomic mass is 10.2. The summed E-state index contributed by atoms with van der Waals surface area (Å²) in [4.78, 5) is 0. The predicted octanol–water partition coefficient (Wildman–Crippen LogP) is 6.53. The monoisotopic (exact) mass is 451 g/mol. The van der Waals surface area contributed by atoms with Crippen molar-refractivity contribution >= 4 is 60.7 Å². The molecule has 0 aliphatic carbocycles. The molecule has 0 amide bonds. The van der Waals surface area contributed by atoms with Crippen molar-refractivity contribution in [3.8, 4) is 5.75 Å². The lowest BCUT2D eigenvalue weighted by Gasteiger charge is -2.13. The zero-order chi connectivity index (χ0) is 15.4. The quantitative estimate of drug-likeness (QED) is 0.555. The molecule has 0 aliphatic heterocycles. The number of rotatable bonds is 5. The average Bonchev–Trinajstić information content (AvgIpc) is 2.44. The molecule has 0 bridgehead atoms. The Labute approximate surface area is 151 Å². The molecular formula is C15H13Br2Cl2NO. The van der Waals surface area contributed by atoms with Crippen molar-refractivity contribution < 1.29 is 4.74 Å². The highest BCUT2D eigenvalue weighted by Crippen LogP contribution is 2.35. The summed E-state index contributed by atoms with van der Waals surface area (Å²) in [5.41, 5.74) is 1.90. The summed E-state index contributed by atoms with van der Waals surface area (Å²) in [7, 11) is 0. The van der Waals surface area contributed by atoms with E-state index in [2.05, 4.69) is 37.2 Å². The Bertz CT molecular complexity index is 627. The molecule has 0 heterocycles. The van der Waals surface area contributed by atoms with Gasteiger partial charge >= 0.3 is 0 Å². The van der Waals surface area contributed by atoms with E-state index in [4.69, 9.17) is 27.9 Å². The van der Waals surface area contributed by atoms with Gasteiger partial charge in [0.2, 0.25) is 0 Å². The molecule has 21 heavy (non-hydrogen) atoms. The zero-order valence-electron chi connectivity index (χ0n) is 11.2. The summed E-state index contributed by atoms with van der Waals surface area (Å²) in [5, 5.41) is 4.57. The summed E-state index contributed by atoms with van der Waals surface area (Å²) < 4.78 is 7.39. The standard InChI is InChI=1S/C15H13Br2Cl2NO/c1-2-21-15-11(16)5-9(6-12(15)17)8-20-14-7-10(18)3-4-13(14)19/h3-7,20H,2,8H2,1H3. The topological polar surface area (TPSA) is 21.3 Å². The molecule has 6 heteroatoms. The molecule has 2 nitrogen and oxygen atoms in total. The molecular weight excluding hydrogens is 441 g/mol. The van der Waals surface area contributed by atoms with Gasteiger partial charge in [-0.15, -0.1) is 0 Å². The van der Waals surface area contributed by atoms with Crippen molar-refractivity contribution in [1.82, 2.24) is 0 Å². The third-order valence-electron chi connectivity index (χ3n) is 2.76. The minimum absolute atomic E-state index is 0.618. The third kappa shape index (κ3) is 4.52. The molecule has 0 atom stereocenters. The van der Waals surface area contributed by atoms with Crippen molar-refractivity contribution in [2.75, 3.05) is 11.9 Å². The first-order chi connectivity index (χ1) is 10.0. The van der Waals surface area contributed by atoms with Crippen molar-refractivity contribution in [3.63, 3.8) is 0 Å². The Hall–Kier alpha value is -0.420. The molecule has 0 aromatic heterocycles. The Kier molecular flexibility index (Phi) is 6.23. The molecule has 2 aromatic rings. The van der Waals surface area contributed by atoms with Crippen LogP contribution in [0.25, 0.3) is 0 Å². The summed E-state index contributed by atoms with van der Waals surface area (Å²) in [5.74, 6) is 0.807. The van der Waals surface area contributed by atoms with Crippen LogP contribution < -0.4 is 10.1 Å². The molecule has 0 fully saturated rings. The second-order valence-electron chi connectivity index (χ2n) is 4.30. The van der Waals surface area contributed by atoms with E-state index in [9.17, 15) is 0 Å². The van der Waals surface area contributed by atoms with Crippen molar-refractivity contribution in [1.29, 1.82) is 0 Å². The molecule has 0 unspecified atom stereocenters. The predicted molar refractivity (Wildman–Crippen MR) is 96.8 cm³/mol. The maximum absolute atomic E-state index is 6.13. The number of anilines is 1. The first-order valence-corrected chi connectivity index (χ1v) is 8.65. The number of benzene rings is 2. The van der Waals surface area contributed by atoms with Gasteiger partial charge in [-0.25, -0.2) is 0 Å². The Morgan fingerprint density at radius 3 is 2.38 bits per heavy atom. The van der Waals surface area contributed by atoms with Crippen LogP contribution in [0.2, 0.25) is 10.0 Å². The summed E-state index contributed by atoms with van der Waals surface area (Å²) >= 11 is 19.1. The van der Waals surface area contributed by atoms with Crippen LogP contribution in [0.4, 0.5) is 5.69 Å². The van der Waals surface area contributed by atoms with E-state index in [0.717, 1.165) is 25.9 Å². The first kappa shape index (κ1) is 16.9. The molecule has 2 rings (SSSR count). The van der Waals surface area contributed by atoms with E-state index >= 15 is 0 Å².